The fraction of sp³-hybridized carbons (Fsp3) is 0.273. The van der Waals surface area contributed by atoms with Crippen LogP contribution >= 0.6 is 0 Å². The summed E-state index contributed by atoms with van der Waals surface area (Å²) in [7, 11) is -3.69. The van der Waals surface area contributed by atoms with Crippen LogP contribution in [0, 0.1) is 19.8 Å². The van der Waals surface area contributed by atoms with Crippen LogP contribution in [-0.4, -0.2) is 25.2 Å². The first-order valence-electron chi connectivity index (χ1n) is 9.41. The summed E-state index contributed by atoms with van der Waals surface area (Å²) in [6.07, 6.45) is 0. The molecule has 0 aliphatic carbocycles. The highest BCUT2D eigenvalue weighted by Gasteiger charge is 2.17. The van der Waals surface area contributed by atoms with E-state index in [0.29, 0.717) is 35.3 Å². The van der Waals surface area contributed by atoms with Crippen LogP contribution in [0.1, 0.15) is 25.0 Å². The van der Waals surface area contributed by atoms with Crippen LogP contribution in [0.25, 0.3) is 11.3 Å². The first kappa shape index (κ1) is 20.8. The molecule has 0 saturated carbocycles. The smallest absolute Gasteiger partial charge is 0.262 e. The molecule has 1 aromatic heterocycles. The fourth-order valence-electron chi connectivity index (χ4n) is 2.86. The van der Waals surface area contributed by atoms with Gasteiger partial charge < -0.3 is 4.74 Å². The molecule has 0 atom stereocenters. The van der Waals surface area contributed by atoms with Crippen molar-refractivity contribution in [3.8, 4) is 17.1 Å². The second-order valence-electron chi connectivity index (χ2n) is 7.42. The van der Waals surface area contributed by atoms with Crippen molar-refractivity contribution in [1.82, 2.24) is 10.2 Å². The first-order chi connectivity index (χ1) is 13.7. The molecule has 0 unspecified atom stereocenters. The molecule has 7 heteroatoms. The van der Waals surface area contributed by atoms with Crippen molar-refractivity contribution in [2.24, 2.45) is 5.92 Å². The minimum atomic E-state index is -3.69. The van der Waals surface area contributed by atoms with Crippen LogP contribution in [0.15, 0.2) is 59.5 Å². The van der Waals surface area contributed by atoms with Gasteiger partial charge in [-0.05, 0) is 49.6 Å². The Labute approximate surface area is 172 Å². The Balaban J connectivity index is 1.80. The second kappa shape index (κ2) is 8.61. The Bertz CT molecular complexity index is 1090. The average Bonchev–Trinajstić information content (AvgIpc) is 2.66. The van der Waals surface area contributed by atoms with E-state index in [1.165, 1.54) is 0 Å². The number of anilines is 1. The number of hydrogen-bond donors (Lipinski definition) is 1. The Kier molecular flexibility index (Phi) is 6.17. The molecule has 0 spiro atoms. The number of aryl methyl sites for hydroxylation is 2. The van der Waals surface area contributed by atoms with Crippen LogP contribution in [0.5, 0.6) is 5.88 Å². The third-order valence-electron chi connectivity index (χ3n) is 4.24. The van der Waals surface area contributed by atoms with Gasteiger partial charge in [-0.1, -0.05) is 43.7 Å². The molecule has 1 N–H and O–H groups in total. The van der Waals surface area contributed by atoms with Gasteiger partial charge in [-0.15, -0.1) is 10.2 Å². The van der Waals surface area contributed by atoms with Crippen molar-refractivity contribution in [3.05, 3.63) is 65.7 Å². The van der Waals surface area contributed by atoms with Crippen molar-refractivity contribution in [2.45, 2.75) is 32.6 Å². The minimum Gasteiger partial charge on any atom is -0.476 e. The highest BCUT2D eigenvalue weighted by atomic mass is 32.2. The normalized spacial score (nSPS) is 11.5. The van der Waals surface area contributed by atoms with Crippen molar-refractivity contribution in [2.75, 3.05) is 11.3 Å². The molecule has 0 amide bonds. The Morgan fingerprint density at radius 3 is 2.45 bits per heavy atom. The van der Waals surface area contributed by atoms with Crippen molar-refractivity contribution in [3.63, 3.8) is 0 Å². The van der Waals surface area contributed by atoms with E-state index in [1.807, 2.05) is 19.1 Å². The summed E-state index contributed by atoms with van der Waals surface area (Å²) in [5.41, 5.74) is 3.58. The third kappa shape index (κ3) is 5.32. The summed E-state index contributed by atoms with van der Waals surface area (Å²) in [6.45, 7) is 8.42. The SMILES string of the molecule is Cc1ccc(S(=O)(=O)Nc2cccc(-c3ccc(OCC(C)C)nn3)c2)c(C)c1. The monoisotopic (exact) mass is 411 g/mol. The lowest BCUT2D eigenvalue weighted by Crippen LogP contribution is -2.14. The van der Waals surface area contributed by atoms with Gasteiger partial charge >= 0.3 is 0 Å². The van der Waals surface area contributed by atoms with E-state index in [2.05, 4.69) is 28.8 Å². The molecule has 0 saturated heterocycles. The van der Waals surface area contributed by atoms with Crippen LogP contribution in [0.4, 0.5) is 5.69 Å². The van der Waals surface area contributed by atoms with Crippen LogP contribution in [0.2, 0.25) is 0 Å². The maximum atomic E-state index is 12.8. The lowest BCUT2D eigenvalue weighted by atomic mass is 10.1. The molecular weight excluding hydrogens is 386 g/mol. The van der Waals surface area contributed by atoms with E-state index in [-0.39, 0.29) is 4.90 Å². The van der Waals surface area contributed by atoms with E-state index in [4.69, 9.17) is 4.74 Å². The van der Waals surface area contributed by atoms with Crippen LogP contribution < -0.4 is 9.46 Å². The summed E-state index contributed by atoms with van der Waals surface area (Å²) >= 11 is 0. The van der Waals surface area contributed by atoms with Crippen molar-refractivity contribution < 1.29 is 13.2 Å². The molecule has 1 heterocycles. The summed E-state index contributed by atoms with van der Waals surface area (Å²) in [5.74, 6) is 0.868. The van der Waals surface area contributed by atoms with Gasteiger partial charge in [0.2, 0.25) is 5.88 Å². The maximum absolute atomic E-state index is 12.8. The highest BCUT2D eigenvalue weighted by Crippen LogP contribution is 2.25. The molecule has 0 aliphatic rings. The average molecular weight is 412 g/mol. The third-order valence-corrected chi connectivity index (χ3v) is 5.78. The molecule has 6 nitrogen and oxygen atoms in total. The summed E-state index contributed by atoms with van der Waals surface area (Å²) in [6, 6.07) is 15.9. The molecule has 0 aliphatic heterocycles. The zero-order chi connectivity index (χ0) is 21.0. The van der Waals surface area contributed by atoms with Gasteiger partial charge in [0.15, 0.2) is 0 Å². The number of nitrogens with one attached hydrogen (secondary N) is 1. The number of rotatable bonds is 7. The lowest BCUT2D eigenvalue weighted by Gasteiger charge is -2.12. The number of nitrogens with zero attached hydrogens (tertiary/aromatic N) is 2. The van der Waals surface area contributed by atoms with Crippen LogP contribution in [0.3, 0.4) is 0 Å². The predicted octanol–water partition coefficient (Wildman–Crippen LogP) is 4.60. The van der Waals surface area contributed by atoms with Gasteiger partial charge in [-0.2, -0.15) is 0 Å². The maximum Gasteiger partial charge on any atom is 0.262 e. The standard InChI is InChI=1S/C22H25N3O3S/c1-15(2)14-28-22-11-9-20(23-24-22)18-6-5-7-19(13-18)25-29(26,27)21-10-8-16(3)12-17(21)4/h5-13,15,25H,14H2,1-4H3. The zero-order valence-corrected chi connectivity index (χ0v) is 17.8. The molecule has 0 radical (unpaired) electrons. The zero-order valence-electron chi connectivity index (χ0n) is 17.0. The number of benzene rings is 2. The quantitative estimate of drug-likeness (QED) is 0.615. The van der Waals surface area contributed by atoms with Crippen molar-refractivity contribution in [1.29, 1.82) is 0 Å². The lowest BCUT2D eigenvalue weighted by molar-refractivity contribution is 0.258. The molecule has 29 heavy (non-hydrogen) atoms. The van der Waals surface area contributed by atoms with E-state index in [0.717, 1.165) is 11.1 Å². The molecule has 0 bridgehead atoms. The highest BCUT2D eigenvalue weighted by molar-refractivity contribution is 7.92. The molecule has 3 aromatic rings. The van der Waals surface area contributed by atoms with Crippen LogP contribution in [-0.2, 0) is 10.0 Å². The molecular formula is C22H25N3O3S. The first-order valence-corrected chi connectivity index (χ1v) is 10.9. The van der Waals surface area contributed by atoms with E-state index in [9.17, 15) is 8.42 Å². The summed E-state index contributed by atoms with van der Waals surface area (Å²) < 4.78 is 33.8. The molecule has 0 fully saturated rings. The van der Waals surface area contributed by atoms with Gasteiger partial charge in [0.05, 0.1) is 17.2 Å². The number of aromatic nitrogens is 2. The summed E-state index contributed by atoms with van der Waals surface area (Å²) in [4.78, 5) is 0.264. The Hall–Kier alpha value is -2.93. The minimum absolute atomic E-state index is 0.264. The van der Waals surface area contributed by atoms with Gasteiger partial charge in [-0.25, -0.2) is 8.42 Å². The van der Waals surface area contributed by atoms with Gasteiger partial charge in [-0.3, -0.25) is 4.72 Å². The second-order valence-corrected chi connectivity index (χ2v) is 9.07. The van der Waals surface area contributed by atoms with E-state index >= 15 is 0 Å². The number of sulfonamides is 1. The Morgan fingerprint density at radius 1 is 1.00 bits per heavy atom. The number of hydrogen-bond acceptors (Lipinski definition) is 5. The number of ether oxygens (including phenoxy) is 1. The molecule has 2 aromatic carbocycles. The largest absolute Gasteiger partial charge is 0.476 e. The van der Waals surface area contributed by atoms with E-state index in [1.54, 1.807) is 49.4 Å². The fourth-order valence-corrected chi connectivity index (χ4v) is 4.13. The Morgan fingerprint density at radius 2 is 1.79 bits per heavy atom. The molecule has 152 valence electrons. The predicted molar refractivity (Wildman–Crippen MR) is 115 cm³/mol. The molecule has 3 rings (SSSR count). The van der Waals surface area contributed by atoms with Gasteiger partial charge in [0.1, 0.15) is 0 Å². The summed E-state index contributed by atoms with van der Waals surface area (Å²) in [5, 5.41) is 8.28. The van der Waals surface area contributed by atoms with E-state index < -0.39 is 10.0 Å². The van der Waals surface area contributed by atoms with Gasteiger partial charge in [0, 0.05) is 17.3 Å². The topological polar surface area (TPSA) is 81.2 Å². The van der Waals surface area contributed by atoms with Crippen molar-refractivity contribution >= 4 is 15.7 Å². The van der Waals surface area contributed by atoms with Gasteiger partial charge in [0.25, 0.3) is 10.0 Å².